The molecule has 1 saturated carbocycles. The maximum absolute atomic E-state index is 13.2. The Kier molecular flexibility index (Phi) is 15.2. The third-order valence-corrected chi connectivity index (χ3v) is 9.46. The Labute approximate surface area is 242 Å². The number of hydrogen-bond donors (Lipinski definition) is 5. The topological polar surface area (TPSA) is 183 Å². The van der Waals surface area contributed by atoms with Crippen molar-refractivity contribution in [2.24, 2.45) is 16.9 Å². The van der Waals surface area contributed by atoms with E-state index in [4.69, 9.17) is 16.2 Å². The molecule has 0 saturated heterocycles. The molecule has 0 heterocycles. The smallest absolute Gasteiger partial charge is 0.243 e. The molecule has 0 radical (unpaired) electrons. The van der Waals surface area contributed by atoms with E-state index in [9.17, 15) is 24.0 Å². The third kappa shape index (κ3) is 13.6. The first kappa shape index (κ1) is 35.5. The van der Waals surface area contributed by atoms with Crippen LogP contribution in [0.5, 0.6) is 0 Å². The number of thioether (sulfide) groups is 2. The molecule has 220 valence electrons. The van der Waals surface area contributed by atoms with Crippen LogP contribution in [0.1, 0.15) is 53.4 Å². The summed E-state index contributed by atoms with van der Waals surface area (Å²) < 4.78 is 5.81. The zero-order valence-corrected chi connectivity index (χ0v) is 25.7. The molecule has 0 spiro atoms. The van der Waals surface area contributed by atoms with Gasteiger partial charge in [-0.25, -0.2) is 0 Å². The number of nitrogens with one attached hydrogen (secondary N) is 3. The summed E-state index contributed by atoms with van der Waals surface area (Å²) in [6, 6.07) is -1.56. The lowest BCUT2D eigenvalue weighted by Gasteiger charge is -2.37. The first-order valence-electron chi connectivity index (χ1n) is 13.3. The minimum absolute atomic E-state index is 0.0366. The van der Waals surface area contributed by atoms with Crippen molar-refractivity contribution in [2.75, 3.05) is 31.2 Å². The molecule has 1 rings (SSSR count). The Hall–Kier alpha value is -1.54. The number of ether oxygens (including phenoxy) is 1. The highest BCUT2D eigenvalue weighted by Crippen LogP contribution is 2.40. The molecule has 3 amide bonds. The number of carbonyl (C=O) groups is 5. The second-order valence-electron chi connectivity index (χ2n) is 11.0. The van der Waals surface area contributed by atoms with E-state index in [1.807, 2.05) is 6.92 Å². The van der Waals surface area contributed by atoms with E-state index in [2.05, 4.69) is 16.0 Å². The zero-order valence-electron chi connectivity index (χ0n) is 24.1. The monoisotopic (exact) mass is 585 g/mol. The molecule has 0 aromatic carbocycles. The summed E-state index contributed by atoms with van der Waals surface area (Å²) in [6.07, 6.45) is 3.38. The SMILES string of the molecule is BC(=O)CNC(=O)C(N)CSC1CCC1SCC(NC(=O)C(C)(C)COC(C)(N)CCC)C(=O)NCC(B)=O. The van der Waals surface area contributed by atoms with Crippen LogP contribution in [0.15, 0.2) is 0 Å². The molecule has 1 aliphatic rings. The van der Waals surface area contributed by atoms with E-state index in [1.165, 1.54) is 15.7 Å². The fraction of sp³-hybridized carbons (Fsp3) is 0.792. The summed E-state index contributed by atoms with van der Waals surface area (Å²) in [6.45, 7) is 7.18. The van der Waals surface area contributed by atoms with Gasteiger partial charge in [-0.15, -0.1) is 0 Å². The quantitative estimate of drug-likeness (QED) is 0.0829. The average molecular weight is 585 g/mol. The van der Waals surface area contributed by atoms with Gasteiger partial charge in [0.1, 0.15) is 23.1 Å². The number of rotatable bonds is 19. The molecule has 0 bridgehead atoms. The summed E-state index contributed by atoms with van der Waals surface area (Å²) in [4.78, 5) is 60.5. The lowest BCUT2D eigenvalue weighted by atomic mass is 9.92. The van der Waals surface area contributed by atoms with Crippen molar-refractivity contribution >= 4 is 68.3 Å². The summed E-state index contributed by atoms with van der Waals surface area (Å²) in [5.41, 5.74) is 10.00. The number of hydrogen-bond acceptors (Lipinski definition) is 10. The Bertz CT molecular complexity index is 880. The van der Waals surface area contributed by atoms with Crippen molar-refractivity contribution in [1.29, 1.82) is 0 Å². The van der Waals surface area contributed by atoms with Gasteiger partial charge in [0.25, 0.3) is 0 Å². The van der Waals surface area contributed by atoms with Crippen molar-refractivity contribution in [3.63, 3.8) is 0 Å². The zero-order chi connectivity index (χ0) is 29.8. The second kappa shape index (κ2) is 16.7. The maximum Gasteiger partial charge on any atom is 0.243 e. The standard InChI is InChI=1S/C24H45B2N5O6S2/c1-5-8-24(4,28)37-13-23(2,3)22(36)31-15(21(35)30-10-19(26)33)12-39-17-7-6-16(17)38-11-14(27)20(34)29-9-18(25)32/h14-17H,5-13,25-28H2,1-4H3,(H,29,34)(H,30,35)(H,31,36). The molecule has 39 heavy (non-hydrogen) atoms. The van der Waals surface area contributed by atoms with Gasteiger partial charge in [0.2, 0.25) is 17.7 Å². The fourth-order valence-electron chi connectivity index (χ4n) is 3.54. The van der Waals surface area contributed by atoms with E-state index < -0.39 is 29.1 Å². The molecule has 5 atom stereocenters. The van der Waals surface area contributed by atoms with E-state index in [-0.39, 0.29) is 53.4 Å². The molecular formula is C24H45B2N5O6S2. The minimum atomic E-state index is -0.938. The summed E-state index contributed by atoms with van der Waals surface area (Å²) in [5.74, 6) is -0.395. The van der Waals surface area contributed by atoms with Gasteiger partial charge < -0.3 is 41.7 Å². The molecule has 15 heteroatoms. The van der Waals surface area contributed by atoms with Crippen LogP contribution < -0.4 is 27.4 Å². The molecule has 0 aromatic rings. The van der Waals surface area contributed by atoms with Gasteiger partial charge in [-0.2, -0.15) is 23.5 Å². The highest BCUT2D eigenvalue weighted by Gasteiger charge is 2.37. The van der Waals surface area contributed by atoms with Crippen LogP contribution in [-0.4, -0.2) is 104 Å². The summed E-state index contributed by atoms with van der Waals surface area (Å²) in [5, 5.41) is 8.45. The van der Waals surface area contributed by atoms with E-state index >= 15 is 0 Å². The van der Waals surface area contributed by atoms with Crippen molar-refractivity contribution in [1.82, 2.24) is 16.0 Å². The van der Waals surface area contributed by atoms with Crippen LogP contribution in [0, 0.1) is 5.41 Å². The molecule has 0 aromatic heterocycles. The highest BCUT2D eigenvalue weighted by molar-refractivity contribution is 8.04. The predicted octanol–water partition coefficient (Wildman–Crippen LogP) is -2.13. The fourth-order valence-corrected chi connectivity index (χ4v) is 6.59. The van der Waals surface area contributed by atoms with Gasteiger partial charge >= 0.3 is 0 Å². The Morgan fingerprint density at radius 2 is 1.46 bits per heavy atom. The second-order valence-corrected chi connectivity index (χ2v) is 13.6. The number of amides is 3. The van der Waals surface area contributed by atoms with Crippen LogP contribution in [0.25, 0.3) is 0 Å². The minimum Gasteiger partial charge on any atom is -0.360 e. The molecule has 7 N–H and O–H groups in total. The molecule has 1 aliphatic carbocycles. The maximum atomic E-state index is 13.2. The summed E-state index contributed by atoms with van der Waals surface area (Å²) in [7, 11) is 2.77. The first-order valence-corrected chi connectivity index (χ1v) is 15.4. The van der Waals surface area contributed by atoms with Crippen molar-refractivity contribution in [3.8, 4) is 0 Å². The molecule has 11 nitrogen and oxygen atoms in total. The molecule has 0 aliphatic heterocycles. The van der Waals surface area contributed by atoms with Gasteiger partial charge in [-0.05, 0) is 40.0 Å². The van der Waals surface area contributed by atoms with Crippen molar-refractivity contribution in [3.05, 3.63) is 0 Å². The van der Waals surface area contributed by atoms with Gasteiger partial charge in [-0.1, -0.05) is 13.3 Å². The highest BCUT2D eigenvalue weighted by atomic mass is 32.2. The van der Waals surface area contributed by atoms with E-state index in [1.54, 1.807) is 44.3 Å². The molecule has 1 fully saturated rings. The number of carbonyl (C=O) groups excluding carboxylic acids is 5. The predicted molar refractivity (Wildman–Crippen MR) is 162 cm³/mol. The lowest BCUT2D eigenvalue weighted by molar-refractivity contribution is -0.140. The van der Waals surface area contributed by atoms with Crippen LogP contribution in [0.4, 0.5) is 0 Å². The van der Waals surface area contributed by atoms with Gasteiger partial charge in [0.15, 0.2) is 15.7 Å². The van der Waals surface area contributed by atoms with Crippen LogP contribution in [0.2, 0.25) is 0 Å². The van der Waals surface area contributed by atoms with Crippen molar-refractivity contribution < 1.29 is 28.7 Å². The Balaban J connectivity index is 2.71. The largest absolute Gasteiger partial charge is 0.360 e. The third-order valence-electron chi connectivity index (χ3n) is 6.22. The number of nitrogens with two attached hydrogens (primary N) is 2. The lowest BCUT2D eigenvalue weighted by Crippen LogP contribution is -2.54. The Morgan fingerprint density at radius 1 is 0.949 bits per heavy atom. The van der Waals surface area contributed by atoms with Gasteiger partial charge in [0, 0.05) is 22.0 Å². The molecular weight excluding hydrogens is 540 g/mol. The normalized spacial score (nSPS) is 20.1. The van der Waals surface area contributed by atoms with Gasteiger partial charge in [0.05, 0.1) is 31.2 Å². The van der Waals surface area contributed by atoms with Crippen LogP contribution in [-0.2, 0) is 28.7 Å². The van der Waals surface area contributed by atoms with E-state index in [0.29, 0.717) is 17.9 Å². The first-order chi connectivity index (χ1) is 18.1. The molecule has 5 unspecified atom stereocenters. The summed E-state index contributed by atoms with van der Waals surface area (Å²) >= 11 is 3.17. The van der Waals surface area contributed by atoms with Crippen LogP contribution in [0.3, 0.4) is 0 Å². The van der Waals surface area contributed by atoms with Gasteiger partial charge in [-0.3, -0.25) is 14.4 Å². The average Bonchev–Trinajstić information content (AvgIpc) is 2.83. The van der Waals surface area contributed by atoms with Crippen molar-refractivity contribution in [2.45, 2.75) is 81.7 Å². The van der Waals surface area contributed by atoms with E-state index in [0.717, 1.165) is 19.3 Å². The Morgan fingerprint density at radius 3 is 1.95 bits per heavy atom. The van der Waals surface area contributed by atoms with Crippen LogP contribution >= 0.6 is 23.5 Å².